The van der Waals surface area contributed by atoms with Crippen LogP contribution < -0.4 is 10.2 Å². The minimum Gasteiger partial charge on any atom is -0.496 e. The van der Waals surface area contributed by atoms with Crippen LogP contribution in [0.3, 0.4) is 0 Å². The van der Waals surface area contributed by atoms with E-state index in [9.17, 15) is 0 Å². The fourth-order valence-electron chi connectivity index (χ4n) is 2.99. The Morgan fingerprint density at radius 1 is 1.04 bits per heavy atom. The summed E-state index contributed by atoms with van der Waals surface area (Å²) in [6.45, 7) is 4.85. The van der Waals surface area contributed by atoms with E-state index in [1.807, 2.05) is 36.5 Å². The highest BCUT2D eigenvalue weighted by Gasteiger charge is 2.08. The lowest BCUT2D eigenvalue weighted by Gasteiger charge is -2.09. The van der Waals surface area contributed by atoms with Gasteiger partial charge < -0.3 is 14.7 Å². The Morgan fingerprint density at radius 3 is 2.52 bits per heavy atom. The molecule has 0 bridgehead atoms. The Bertz CT molecular complexity index is 866. The summed E-state index contributed by atoms with van der Waals surface area (Å²) in [6, 6.07) is 20.4. The average Bonchev–Trinajstić information content (AvgIpc) is 2.93. The predicted molar refractivity (Wildman–Crippen MR) is 103 cm³/mol. The van der Waals surface area contributed by atoms with Gasteiger partial charge in [0.2, 0.25) is 0 Å². The van der Waals surface area contributed by atoms with Crippen molar-refractivity contribution in [2.75, 3.05) is 7.11 Å². The summed E-state index contributed by atoms with van der Waals surface area (Å²) in [7, 11) is 1.68. The van der Waals surface area contributed by atoms with Gasteiger partial charge in [0.15, 0.2) is 0 Å². The third-order valence-electron chi connectivity index (χ3n) is 4.24. The van der Waals surface area contributed by atoms with Gasteiger partial charge in [-0.25, -0.2) is 0 Å². The van der Waals surface area contributed by atoms with Gasteiger partial charge in [0.1, 0.15) is 5.75 Å². The number of nitrogens with one attached hydrogen (secondary N) is 1. The summed E-state index contributed by atoms with van der Waals surface area (Å²) < 4.78 is 7.59. The van der Waals surface area contributed by atoms with E-state index < -0.39 is 0 Å². The second-order valence-electron chi connectivity index (χ2n) is 5.90. The standard InChI is InChI=1S/C21H23N3O/c1-16-13-19(17(2)24(16)20-10-5-4-6-11-20)15-23-22-14-18-9-7-8-12-21(18)25-3/h4-13,15,22H,14H2,1-3H3/b23-15+. The summed E-state index contributed by atoms with van der Waals surface area (Å²) in [5.41, 5.74) is 8.81. The first-order valence-corrected chi connectivity index (χ1v) is 8.33. The van der Waals surface area contributed by atoms with Crippen molar-refractivity contribution >= 4 is 6.21 Å². The first-order valence-electron chi connectivity index (χ1n) is 8.33. The molecule has 3 rings (SSSR count). The molecular weight excluding hydrogens is 310 g/mol. The zero-order valence-corrected chi connectivity index (χ0v) is 14.9. The first kappa shape index (κ1) is 16.8. The molecule has 0 aliphatic carbocycles. The predicted octanol–water partition coefficient (Wildman–Crippen LogP) is 4.23. The van der Waals surface area contributed by atoms with E-state index >= 15 is 0 Å². The van der Waals surface area contributed by atoms with E-state index in [1.165, 1.54) is 17.1 Å². The van der Waals surface area contributed by atoms with Crippen LogP contribution >= 0.6 is 0 Å². The number of methoxy groups -OCH3 is 1. The third-order valence-corrected chi connectivity index (χ3v) is 4.24. The zero-order chi connectivity index (χ0) is 17.6. The summed E-state index contributed by atoms with van der Waals surface area (Å²) >= 11 is 0. The van der Waals surface area contributed by atoms with Crippen molar-refractivity contribution in [3.05, 3.63) is 83.2 Å². The van der Waals surface area contributed by atoms with Gasteiger partial charge in [0.25, 0.3) is 0 Å². The molecule has 0 atom stereocenters. The van der Waals surface area contributed by atoms with Crippen molar-refractivity contribution in [1.82, 2.24) is 9.99 Å². The lowest BCUT2D eigenvalue weighted by Crippen LogP contribution is -2.07. The number of hydrogen-bond donors (Lipinski definition) is 1. The number of hydrazone groups is 1. The van der Waals surface area contributed by atoms with Crippen LogP contribution in [0.4, 0.5) is 0 Å². The summed E-state index contributed by atoms with van der Waals surface area (Å²) in [5, 5.41) is 4.38. The maximum atomic E-state index is 5.35. The molecule has 1 aromatic heterocycles. The molecule has 3 aromatic rings. The molecule has 0 spiro atoms. The second kappa shape index (κ2) is 7.71. The first-order chi connectivity index (χ1) is 12.2. The molecule has 128 valence electrons. The Kier molecular flexibility index (Phi) is 5.19. The molecule has 1 heterocycles. The number of benzene rings is 2. The van der Waals surface area contributed by atoms with Crippen LogP contribution in [0.1, 0.15) is 22.5 Å². The third kappa shape index (κ3) is 3.74. The van der Waals surface area contributed by atoms with Gasteiger partial charge in [-0.3, -0.25) is 0 Å². The number of aryl methyl sites for hydroxylation is 1. The molecule has 4 nitrogen and oxygen atoms in total. The van der Waals surface area contributed by atoms with Crippen molar-refractivity contribution < 1.29 is 4.74 Å². The van der Waals surface area contributed by atoms with Crippen LogP contribution in [0.15, 0.2) is 65.8 Å². The van der Waals surface area contributed by atoms with Crippen molar-refractivity contribution in [3.8, 4) is 11.4 Å². The smallest absolute Gasteiger partial charge is 0.123 e. The Balaban J connectivity index is 1.72. The number of ether oxygens (including phenoxy) is 1. The zero-order valence-electron chi connectivity index (χ0n) is 14.9. The van der Waals surface area contributed by atoms with Gasteiger partial charge in [-0.1, -0.05) is 36.4 Å². The highest BCUT2D eigenvalue weighted by Crippen LogP contribution is 2.19. The maximum Gasteiger partial charge on any atom is 0.123 e. The van der Waals surface area contributed by atoms with Crippen molar-refractivity contribution in [1.29, 1.82) is 0 Å². The molecule has 0 aliphatic heterocycles. The highest BCUT2D eigenvalue weighted by atomic mass is 16.5. The molecule has 0 radical (unpaired) electrons. The number of para-hydroxylation sites is 2. The molecule has 0 unspecified atom stereocenters. The maximum absolute atomic E-state index is 5.35. The van der Waals surface area contributed by atoms with Gasteiger partial charge in [0, 0.05) is 28.2 Å². The normalized spacial score (nSPS) is 11.0. The summed E-state index contributed by atoms with van der Waals surface area (Å²) in [5.74, 6) is 0.868. The molecule has 0 amide bonds. The fraction of sp³-hybridized carbons (Fsp3) is 0.190. The van der Waals surface area contributed by atoms with Crippen LogP contribution in [0.25, 0.3) is 5.69 Å². The number of aromatic nitrogens is 1. The van der Waals surface area contributed by atoms with E-state index in [-0.39, 0.29) is 0 Å². The lowest BCUT2D eigenvalue weighted by atomic mass is 10.2. The molecule has 0 fully saturated rings. The molecule has 25 heavy (non-hydrogen) atoms. The largest absolute Gasteiger partial charge is 0.496 e. The molecule has 1 N–H and O–H groups in total. The lowest BCUT2D eigenvalue weighted by molar-refractivity contribution is 0.408. The number of rotatable bonds is 6. The van der Waals surface area contributed by atoms with Gasteiger partial charge in [0.05, 0.1) is 19.9 Å². The molecular formula is C21H23N3O. The van der Waals surface area contributed by atoms with Crippen molar-refractivity contribution in [2.45, 2.75) is 20.4 Å². The van der Waals surface area contributed by atoms with Crippen molar-refractivity contribution in [2.24, 2.45) is 5.10 Å². The summed E-state index contributed by atoms with van der Waals surface area (Å²) in [6.07, 6.45) is 1.87. The van der Waals surface area contributed by atoms with Crippen LogP contribution in [0, 0.1) is 13.8 Å². The van der Waals surface area contributed by atoms with E-state index in [0.717, 1.165) is 16.9 Å². The van der Waals surface area contributed by atoms with Crippen LogP contribution in [-0.4, -0.2) is 17.9 Å². The van der Waals surface area contributed by atoms with Gasteiger partial charge in [-0.15, -0.1) is 0 Å². The minimum atomic E-state index is 0.623. The minimum absolute atomic E-state index is 0.623. The molecule has 0 aliphatic rings. The highest BCUT2D eigenvalue weighted by molar-refractivity contribution is 5.82. The Hall–Kier alpha value is -3.01. The fourth-order valence-corrected chi connectivity index (χ4v) is 2.99. The topological polar surface area (TPSA) is 38.5 Å². The monoisotopic (exact) mass is 333 g/mol. The number of nitrogens with zero attached hydrogens (tertiary/aromatic N) is 2. The molecule has 0 saturated carbocycles. The second-order valence-corrected chi connectivity index (χ2v) is 5.90. The SMILES string of the molecule is COc1ccccc1CN/N=C/c1cc(C)n(-c2ccccc2)c1C. The van der Waals surface area contributed by atoms with E-state index in [2.05, 4.69) is 59.3 Å². The Morgan fingerprint density at radius 2 is 1.76 bits per heavy atom. The van der Waals surface area contributed by atoms with Gasteiger partial charge in [-0.2, -0.15) is 5.10 Å². The molecule has 4 heteroatoms. The van der Waals surface area contributed by atoms with Crippen LogP contribution in [-0.2, 0) is 6.54 Å². The average molecular weight is 333 g/mol. The van der Waals surface area contributed by atoms with Crippen LogP contribution in [0.2, 0.25) is 0 Å². The quantitative estimate of drug-likeness (QED) is 0.542. The van der Waals surface area contributed by atoms with E-state index in [1.54, 1.807) is 7.11 Å². The van der Waals surface area contributed by atoms with E-state index in [4.69, 9.17) is 4.74 Å². The van der Waals surface area contributed by atoms with Crippen LogP contribution in [0.5, 0.6) is 5.75 Å². The van der Waals surface area contributed by atoms with Gasteiger partial charge in [-0.05, 0) is 38.1 Å². The Labute approximate surface area is 148 Å². The van der Waals surface area contributed by atoms with Gasteiger partial charge >= 0.3 is 0 Å². The number of hydrogen-bond acceptors (Lipinski definition) is 3. The molecule has 0 saturated heterocycles. The summed E-state index contributed by atoms with van der Waals surface area (Å²) in [4.78, 5) is 0. The van der Waals surface area contributed by atoms with E-state index in [0.29, 0.717) is 6.54 Å². The van der Waals surface area contributed by atoms with Crippen molar-refractivity contribution in [3.63, 3.8) is 0 Å². The molecule has 2 aromatic carbocycles.